The van der Waals surface area contributed by atoms with E-state index in [2.05, 4.69) is 5.32 Å². The second kappa shape index (κ2) is 4.42. The first kappa shape index (κ1) is 10.8. The van der Waals surface area contributed by atoms with Gasteiger partial charge in [-0.05, 0) is 6.07 Å². The van der Waals surface area contributed by atoms with Crippen LogP contribution in [0.5, 0.6) is 0 Å². The summed E-state index contributed by atoms with van der Waals surface area (Å²) in [6.07, 6.45) is 1.66. The molecule has 0 saturated carbocycles. The molecule has 4 nitrogen and oxygen atoms in total. The van der Waals surface area contributed by atoms with E-state index in [0.717, 1.165) is 11.3 Å². The van der Waals surface area contributed by atoms with Gasteiger partial charge in [-0.15, -0.1) is 0 Å². The molecule has 2 rings (SSSR count). The van der Waals surface area contributed by atoms with Crippen molar-refractivity contribution in [2.75, 3.05) is 12.4 Å². The summed E-state index contributed by atoms with van der Waals surface area (Å²) in [6, 6.07) is 11.3. The number of nitriles is 2. The first-order valence-electron chi connectivity index (χ1n) is 4.96. The maximum absolute atomic E-state index is 8.94. The number of benzene rings is 1. The largest absolute Gasteiger partial charge is 0.482 e. The molecule has 0 fully saturated rings. The van der Waals surface area contributed by atoms with Crippen molar-refractivity contribution in [1.29, 1.82) is 10.5 Å². The van der Waals surface area contributed by atoms with Gasteiger partial charge in [0.15, 0.2) is 5.88 Å². The fourth-order valence-electron chi connectivity index (χ4n) is 1.67. The standard InChI is InChI=1S/C13H9N3O/c1-17-13-6-11(9(7-14)8-15)10-4-2-3-5-12(10)16-13/h2-6,16H,1H3. The number of hydrogen-bond acceptors (Lipinski definition) is 4. The second-order valence-corrected chi connectivity index (χ2v) is 3.40. The number of hydrogen-bond donors (Lipinski definition) is 1. The molecule has 0 atom stereocenters. The van der Waals surface area contributed by atoms with Gasteiger partial charge in [-0.2, -0.15) is 10.5 Å². The van der Waals surface area contributed by atoms with Gasteiger partial charge >= 0.3 is 0 Å². The predicted octanol–water partition coefficient (Wildman–Crippen LogP) is 2.40. The Morgan fingerprint density at radius 2 is 1.94 bits per heavy atom. The highest BCUT2D eigenvalue weighted by Gasteiger charge is 2.17. The molecule has 1 aromatic rings. The number of nitrogens with zero attached hydrogens (tertiary/aromatic N) is 2. The number of allylic oxidation sites excluding steroid dienone is 3. The van der Waals surface area contributed by atoms with Gasteiger partial charge in [-0.25, -0.2) is 0 Å². The summed E-state index contributed by atoms with van der Waals surface area (Å²) in [5.74, 6) is 0.515. The fraction of sp³-hybridized carbons (Fsp3) is 0.0769. The Balaban J connectivity index is 2.69. The van der Waals surface area contributed by atoms with E-state index in [9.17, 15) is 0 Å². The van der Waals surface area contributed by atoms with E-state index in [0.29, 0.717) is 11.5 Å². The highest BCUT2D eigenvalue weighted by molar-refractivity contribution is 5.90. The van der Waals surface area contributed by atoms with Crippen LogP contribution in [0.2, 0.25) is 0 Å². The van der Waals surface area contributed by atoms with Crippen molar-refractivity contribution in [2.24, 2.45) is 0 Å². The first-order valence-corrected chi connectivity index (χ1v) is 4.96. The zero-order valence-electron chi connectivity index (χ0n) is 9.19. The molecule has 82 valence electrons. The van der Waals surface area contributed by atoms with Crippen LogP contribution in [0.1, 0.15) is 5.56 Å². The molecule has 1 N–H and O–H groups in total. The van der Waals surface area contributed by atoms with Crippen molar-refractivity contribution in [3.8, 4) is 12.1 Å². The van der Waals surface area contributed by atoms with Crippen LogP contribution in [0.15, 0.2) is 41.8 Å². The lowest BCUT2D eigenvalue weighted by atomic mass is 9.97. The number of nitrogens with one attached hydrogen (secondary N) is 1. The van der Waals surface area contributed by atoms with E-state index in [1.54, 1.807) is 6.08 Å². The lowest BCUT2D eigenvalue weighted by Crippen LogP contribution is -2.09. The van der Waals surface area contributed by atoms with Crippen molar-refractivity contribution >= 4 is 11.3 Å². The fourth-order valence-corrected chi connectivity index (χ4v) is 1.67. The molecule has 1 heterocycles. The Hall–Kier alpha value is -2.72. The number of anilines is 1. The topological polar surface area (TPSA) is 68.8 Å². The zero-order valence-corrected chi connectivity index (χ0v) is 9.19. The molecule has 1 aliphatic rings. The summed E-state index contributed by atoms with van der Waals surface area (Å²) in [5.41, 5.74) is 2.31. The maximum Gasteiger partial charge on any atom is 0.191 e. The van der Waals surface area contributed by atoms with Crippen molar-refractivity contribution in [2.45, 2.75) is 0 Å². The Labute approximate surface area is 99.0 Å². The summed E-state index contributed by atoms with van der Waals surface area (Å²) in [6.45, 7) is 0. The van der Waals surface area contributed by atoms with Gasteiger partial charge in [0, 0.05) is 22.9 Å². The summed E-state index contributed by atoms with van der Waals surface area (Å²) < 4.78 is 5.11. The normalized spacial score (nSPS) is 12.4. The van der Waals surface area contributed by atoms with Crippen LogP contribution < -0.4 is 5.32 Å². The van der Waals surface area contributed by atoms with Crippen LogP contribution in [0.3, 0.4) is 0 Å². The van der Waals surface area contributed by atoms with E-state index >= 15 is 0 Å². The van der Waals surface area contributed by atoms with Crippen molar-refractivity contribution in [3.63, 3.8) is 0 Å². The number of ether oxygens (including phenoxy) is 1. The summed E-state index contributed by atoms with van der Waals surface area (Å²) in [5, 5.41) is 20.9. The van der Waals surface area contributed by atoms with Crippen molar-refractivity contribution in [1.82, 2.24) is 0 Å². The van der Waals surface area contributed by atoms with E-state index in [1.165, 1.54) is 7.11 Å². The minimum atomic E-state index is 0.0773. The summed E-state index contributed by atoms with van der Waals surface area (Å²) in [7, 11) is 1.53. The molecule has 1 aromatic carbocycles. The van der Waals surface area contributed by atoms with Gasteiger partial charge in [0.25, 0.3) is 0 Å². The smallest absolute Gasteiger partial charge is 0.191 e. The van der Waals surface area contributed by atoms with E-state index in [1.807, 2.05) is 36.4 Å². The third-order valence-electron chi connectivity index (χ3n) is 2.46. The van der Waals surface area contributed by atoms with Crippen LogP contribution in [-0.2, 0) is 4.74 Å². The number of para-hydroxylation sites is 1. The minimum Gasteiger partial charge on any atom is -0.482 e. The van der Waals surface area contributed by atoms with Crippen molar-refractivity contribution in [3.05, 3.63) is 47.4 Å². The number of fused-ring (bicyclic) bond motifs is 1. The highest BCUT2D eigenvalue weighted by Crippen LogP contribution is 2.33. The molecule has 0 spiro atoms. The molecule has 0 aromatic heterocycles. The third kappa shape index (κ3) is 1.84. The average molecular weight is 223 g/mol. The predicted molar refractivity (Wildman–Crippen MR) is 63.3 cm³/mol. The Bertz CT molecular complexity index is 584. The van der Waals surface area contributed by atoms with Gasteiger partial charge in [0.05, 0.1) is 7.11 Å². The quantitative estimate of drug-likeness (QED) is 0.742. The lowest BCUT2D eigenvalue weighted by Gasteiger charge is -2.20. The molecule has 0 unspecified atom stereocenters. The monoisotopic (exact) mass is 223 g/mol. The van der Waals surface area contributed by atoms with E-state index < -0.39 is 0 Å². The van der Waals surface area contributed by atoms with E-state index in [-0.39, 0.29) is 5.57 Å². The van der Waals surface area contributed by atoms with Crippen molar-refractivity contribution < 1.29 is 4.74 Å². The summed E-state index contributed by atoms with van der Waals surface area (Å²) >= 11 is 0. The molecule has 1 aliphatic heterocycles. The number of rotatable bonds is 1. The zero-order chi connectivity index (χ0) is 12.3. The Morgan fingerprint density at radius 1 is 1.24 bits per heavy atom. The van der Waals surface area contributed by atoms with Gasteiger partial charge in [-0.1, -0.05) is 18.2 Å². The van der Waals surface area contributed by atoms with Crippen LogP contribution in [0.4, 0.5) is 5.69 Å². The number of methoxy groups -OCH3 is 1. The summed E-state index contributed by atoms with van der Waals surface area (Å²) in [4.78, 5) is 0. The average Bonchev–Trinajstić information content (AvgIpc) is 2.39. The maximum atomic E-state index is 8.94. The molecular formula is C13H9N3O. The molecule has 17 heavy (non-hydrogen) atoms. The highest BCUT2D eigenvalue weighted by atomic mass is 16.5. The molecular weight excluding hydrogens is 214 g/mol. The second-order valence-electron chi connectivity index (χ2n) is 3.40. The first-order chi connectivity index (χ1) is 8.30. The molecule has 0 saturated heterocycles. The van der Waals surface area contributed by atoms with Gasteiger partial charge in [0.2, 0.25) is 0 Å². The van der Waals surface area contributed by atoms with E-state index in [4.69, 9.17) is 15.3 Å². The lowest BCUT2D eigenvalue weighted by molar-refractivity contribution is 0.297. The molecule has 0 amide bonds. The van der Waals surface area contributed by atoms with Crippen LogP contribution in [0, 0.1) is 22.7 Å². The van der Waals surface area contributed by atoms with Crippen LogP contribution in [-0.4, -0.2) is 7.11 Å². The molecule has 4 heteroatoms. The SMILES string of the molecule is COC1=CC(=C(C#N)C#N)c2ccccc2N1. The van der Waals surface area contributed by atoms with Gasteiger partial charge in [-0.3, -0.25) is 0 Å². The minimum absolute atomic E-state index is 0.0773. The third-order valence-corrected chi connectivity index (χ3v) is 2.46. The van der Waals surface area contributed by atoms with Crippen LogP contribution >= 0.6 is 0 Å². The van der Waals surface area contributed by atoms with Gasteiger partial charge < -0.3 is 10.1 Å². The molecule has 0 radical (unpaired) electrons. The molecule has 0 bridgehead atoms. The van der Waals surface area contributed by atoms with Crippen LogP contribution in [0.25, 0.3) is 5.57 Å². The van der Waals surface area contributed by atoms with Gasteiger partial charge in [0.1, 0.15) is 17.7 Å². The Kier molecular flexibility index (Phi) is 2.81. The Morgan fingerprint density at radius 3 is 2.59 bits per heavy atom. The molecule has 0 aliphatic carbocycles.